The molecule has 68 valence electrons. The van der Waals surface area contributed by atoms with E-state index in [2.05, 4.69) is 5.32 Å². The van der Waals surface area contributed by atoms with Gasteiger partial charge in [-0.15, -0.1) is 0 Å². The Balaban J connectivity index is 1.76. The van der Waals surface area contributed by atoms with Crippen molar-refractivity contribution in [2.24, 2.45) is 11.8 Å². The first-order chi connectivity index (χ1) is 5.86. The molecule has 0 aromatic heterocycles. The molecule has 0 aromatic rings. The molecule has 1 aliphatic heterocycles. The molecule has 1 N–H and O–H groups in total. The fraction of sp³-hybridized carbons (Fsp3) is 0.900. The van der Waals surface area contributed by atoms with Gasteiger partial charge >= 0.3 is 0 Å². The van der Waals surface area contributed by atoms with Crippen LogP contribution in [0, 0.1) is 11.8 Å². The monoisotopic (exact) mass is 167 g/mol. The van der Waals surface area contributed by atoms with Crippen molar-refractivity contribution in [3.63, 3.8) is 0 Å². The summed E-state index contributed by atoms with van der Waals surface area (Å²) in [6.07, 6.45) is 5.63. The molecule has 0 radical (unpaired) electrons. The minimum Gasteiger partial charge on any atom is -0.317 e. The molecule has 1 saturated heterocycles. The number of hydrogen-bond donors (Lipinski definition) is 1. The van der Waals surface area contributed by atoms with E-state index in [1.807, 2.05) is 0 Å². The fourth-order valence-corrected chi connectivity index (χ4v) is 1.92. The quantitative estimate of drug-likeness (QED) is 0.687. The Morgan fingerprint density at radius 3 is 2.42 bits per heavy atom. The molecule has 2 aliphatic rings. The van der Waals surface area contributed by atoms with E-state index in [-0.39, 0.29) is 0 Å². The van der Waals surface area contributed by atoms with Crippen LogP contribution in [0.5, 0.6) is 0 Å². The maximum atomic E-state index is 11.6. The van der Waals surface area contributed by atoms with Gasteiger partial charge in [0.1, 0.15) is 5.78 Å². The second kappa shape index (κ2) is 3.56. The molecule has 2 heteroatoms. The minimum atomic E-state index is 0.395. The van der Waals surface area contributed by atoms with Gasteiger partial charge in [-0.1, -0.05) is 0 Å². The molecular formula is C10H17NO. The third kappa shape index (κ3) is 2.07. The number of carbonyl (C=O) groups excluding carboxylic acids is 1. The van der Waals surface area contributed by atoms with E-state index in [9.17, 15) is 4.79 Å². The first-order valence-corrected chi connectivity index (χ1v) is 5.09. The van der Waals surface area contributed by atoms with Crippen LogP contribution in [0.3, 0.4) is 0 Å². The van der Waals surface area contributed by atoms with Crippen LogP contribution < -0.4 is 5.32 Å². The molecule has 1 saturated carbocycles. The van der Waals surface area contributed by atoms with Crippen molar-refractivity contribution in [1.82, 2.24) is 5.32 Å². The molecule has 12 heavy (non-hydrogen) atoms. The number of Topliss-reactive ketones (excluding diaryl/α,β-unsaturated/α-hetero) is 1. The molecule has 0 bridgehead atoms. The first-order valence-electron chi connectivity index (χ1n) is 5.09. The maximum absolute atomic E-state index is 11.6. The SMILES string of the molecule is O=C(CC1CC1)C1CCNCC1. The molecule has 0 spiro atoms. The van der Waals surface area contributed by atoms with Crippen LogP contribution in [0.2, 0.25) is 0 Å². The molecular weight excluding hydrogens is 150 g/mol. The van der Waals surface area contributed by atoms with Crippen molar-refractivity contribution in [2.45, 2.75) is 32.1 Å². The van der Waals surface area contributed by atoms with E-state index in [0.29, 0.717) is 11.7 Å². The summed E-state index contributed by atoms with van der Waals surface area (Å²) in [5.74, 6) is 1.71. The predicted octanol–water partition coefficient (Wildman–Crippen LogP) is 1.36. The number of hydrogen-bond acceptors (Lipinski definition) is 2. The van der Waals surface area contributed by atoms with Crippen LogP contribution in [0.25, 0.3) is 0 Å². The van der Waals surface area contributed by atoms with Gasteiger partial charge in [0.25, 0.3) is 0 Å². The van der Waals surface area contributed by atoms with Crippen molar-refractivity contribution in [1.29, 1.82) is 0 Å². The van der Waals surface area contributed by atoms with Crippen LogP contribution in [0.4, 0.5) is 0 Å². The average Bonchev–Trinajstić information content (AvgIpc) is 2.90. The highest BCUT2D eigenvalue weighted by Gasteiger charge is 2.28. The second-order valence-electron chi connectivity index (χ2n) is 4.14. The van der Waals surface area contributed by atoms with Crippen LogP contribution in [0.15, 0.2) is 0 Å². The van der Waals surface area contributed by atoms with Gasteiger partial charge in [0.15, 0.2) is 0 Å². The van der Waals surface area contributed by atoms with Crippen molar-refractivity contribution in [2.75, 3.05) is 13.1 Å². The van der Waals surface area contributed by atoms with Crippen molar-refractivity contribution >= 4 is 5.78 Å². The summed E-state index contributed by atoms with van der Waals surface area (Å²) < 4.78 is 0. The van der Waals surface area contributed by atoms with E-state index in [4.69, 9.17) is 0 Å². The lowest BCUT2D eigenvalue weighted by molar-refractivity contribution is -0.123. The molecule has 2 rings (SSSR count). The van der Waals surface area contributed by atoms with Gasteiger partial charge in [-0.3, -0.25) is 4.79 Å². The molecule has 2 nitrogen and oxygen atoms in total. The van der Waals surface area contributed by atoms with Gasteiger partial charge in [-0.05, 0) is 44.7 Å². The summed E-state index contributed by atoms with van der Waals surface area (Å²) in [6, 6.07) is 0. The summed E-state index contributed by atoms with van der Waals surface area (Å²) in [7, 11) is 0. The summed E-state index contributed by atoms with van der Waals surface area (Å²) >= 11 is 0. The van der Waals surface area contributed by atoms with Gasteiger partial charge in [0.05, 0.1) is 0 Å². The maximum Gasteiger partial charge on any atom is 0.136 e. The number of piperidine rings is 1. The lowest BCUT2D eigenvalue weighted by Gasteiger charge is -2.21. The summed E-state index contributed by atoms with van der Waals surface area (Å²) in [6.45, 7) is 2.09. The number of carbonyl (C=O) groups is 1. The van der Waals surface area contributed by atoms with Gasteiger partial charge in [0, 0.05) is 12.3 Å². The average molecular weight is 167 g/mol. The highest BCUT2D eigenvalue weighted by atomic mass is 16.1. The van der Waals surface area contributed by atoms with Crippen LogP contribution in [0.1, 0.15) is 32.1 Å². The summed E-state index contributed by atoms with van der Waals surface area (Å²) in [5, 5.41) is 3.29. The molecule has 2 fully saturated rings. The summed E-state index contributed by atoms with van der Waals surface area (Å²) in [4.78, 5) is 11.6. The molecule has 0 unspecified atom stereocenters. The zero-order chi connectivity index (χ0) is 8.39. The highest BCUT2D eigenvalue weighted by Crippen LogP contribution is 2.34. The molecule has 0 amide bonds. The Morgan fingerprint density at radius 2 is 1.83 bits per heavy atom. The predicted molar refractivity (Wildman–Crippen MR) is 47.9 cm³/mol. The first kappa shape index (κ1) is 8.24. The Morgan fingerprint density at radius 1 is 1.17 bits per heavy atom. The number of rotatable bonds is 3. The Kier molecular flexibility index (Phi) is 2.45. The van der Waals surface area contributed by atoms with Crippen LogP contribution in [-0.4, -0.2) is 18.9 Å². The molecule has 0 atom stereocenters. The van der Waals surface area contributed by atoms with Gasteiger partial charge < -0.3 is 5.32 Å². The lowest BCUT2D eigenvalue weighted by Crippen LogP contribution is -2.31. The third-order valence-corrected chi connectivity index (χ3v) is 2.98. The smallest absolute Gasteiger partial charge is 0.136 e. The Labute approximate surface area is 73.7 Å². The van der Waals surface area contributed by atoms with E-state index in [1.165, 1.54) is 12.8 Å². The van der Waals surface area contributed by atoms with Gasteiger partial charge in [0.2, 0.25) is 0 Å². The third-order valence-electron chi connectivity index (χ3n) is 2.98. The van der Waals surface area contributed by atoms with Crippen LogP contribution >= 0.6 is 0 Å². The van der Waals surface area contributed by atoms with E-state index >= 15 is 0 Å². The molecule has 1 heterocycles. The zero-order valence-electron chi connectivity index (χ0n) is 7.51. The fourth-order valence-electron chi connectivity index (χ4n) is 1.92. The molecule has 0 aromatic carbocycles. The number of ketones is 1. The molecule has 1 aliphatic carbocycles. The summed E-state index contributed by atoms with van der Waals surface area (Å²) in [5.41, 5.74) is 0. The van der Waals surface area contributed by atoms with Crippen molar-refractivity contribution < 1.29 is 4.79 Å². The van der Waals surface area contributed by atoms with E-state index < -0.39 is 0 Å². The largest absolute Gasteiger partial charge is 0.317 e. The van der Waals surface area contributed by atoms with Gasteiger partial charge in [-0.25, -0.2) is 0 Å². The normalized spacial score (nSPS) is 25.7. The van der Waals surface area contributed by atoms with E-state index in [1.54, 1.807) is 0 Å². The topological polar surface area (TPSA) is 29.1 Å². The lowest BCUT2D eigenvalue weighted by atomic mass is 9.91. The Hall–Kier alpha value is -0.370. The standard InChI is InChI=1S/C10H17NO/c12-10(7-8-1-2-8)9-3-5-11-6-4-9/h8-9,11H,1-7H2. The Bertz CT molecular complexity index is 169. The van der Waals surface area contributed by atoms with Crippen molar-refractivity contribution in [3.8, 4) is 0 Å². The minimum absolute atomic E-state index is 0.395. The zero-order valence-corrected chi connectivity index (χ0v) is 7.51. The highest BCUT2D eigenvalue weighted by molar-refractivity contribution is 5.81. The van der Waals surface area contributed by atoms with Gasteiger partial charge in [-0.2, -0.15) is 0 Å². The van der Waals surface area contributed by atoms with Crippen LogP contribution in [-0.2, 0) is 4.79 Å². The van der Waals surface area contributed by atoms with Crippen molar-refractivity contribution in [3.05, 3.63) is 0 Å². The number of nitrogens with one attached hydrogen (secondary N) is 1. The second-order valence-corrected chi connectivity index (χ2v) is 4.14. The van der Waals surface area contributed by atoms with E-state index in [0.717, 1.165) is 38.3 Å².